The molecule has 152 valence electrons. The fourth-order valence-electron chi connectivity index (χ4n) is 2.85. The summed E-state index contributed by atoms with van der Waals surface area (Å²) in [5.74, 6) is -0.498. The molecule has 3 amide bonds. The van der Waals surface area contributed by atoms with Crippen molar-refractivity contribution >= 4 is 23.6 Å². The van der Waals surface area contributed by atoms with Crippen LogP contribution in [0.3, 0.4) is 0 Å². The van der Waals surface area contributed by atoms with Gasteiger partial charge in [0, 0.05) is 18.3 Å². The number of nitrogens with one attached hydrogen (secondary N) is 3. The van der Waals surface area contributed by atoms with Crippen molar-refractivity contribution in [3.05, 3.63) is 41.5 Å². The van der Waals surface area contributed by atoms with Gasteiger partial charge in [-0.2, -0.15) is 0 Å². The number of carbonyl (C=O) groups excluding carboxylic acids is 3. The number of allylic oxidation sites excluding steroid dienone is 1. The first-order valence-corrected chi connectivity index (χ1v) is 9.55. The van der Waals surface area contributed by atoms with E-state index in [0.29, 0.717) is 12.2 Å². The highest BCUT2D eigenvalue weighted by atomic mass is 16.6. The second-order valence-corrected chi connectivity index (χ2v) is 7.79. The maximum absolute atomic E-state index is 12.1. The van der Waals surface area contributed by atoms with Gasteiger partial charge in [-0.3, -0.25) is 9.59 Å². The number of anilines is 1. The molecule has 0 unspecified atom stereocenters. The average molecular weight is 387 g/mol. The lowest BCUT2D eigenvalue weighted by atomic mass is 10.1. The van der Waals surface area contributed by atoms with Gasteiger partial charge in [0.15, 0.2) is 0 Å². The Hall–Kier alpha value is -2.83. The van der Waals surface area contributed by atoms with Gasteiger partial charge in [-0.05, 0) is 58.1 Å². The lowest BCUT2D eigenvalue weighted by Crippen LogP contribution is -2.37. The number of alkyl carbamates (subject to hydrolysis) is 1. The molecule has 0 aromatic heterocycles. The predicted octanol–water partition coefficient (Wildman–Crippen LogP) is 3.27. The van der Waals surface area contributed by atoms with E-state index >= 15 is 0 Å². The monoisotopic (exact) mass is 387 g/mol. The van der Waals surface area contributed by atoms with Gasteiger partial charge in [0.2, 0.25) is 11.8 Å². The number of rotatable bonds is 6. The number of para-hydroxylation sites is 1. The lowest BCUT2D eigenvalue weighted by molar-refractivity contribution is -0.117. The molecule has 0 spiro atoms. The summed E-state index contributed by atoms with van der Waals surface area (Å²) < 4.78 is 5.10. The summed E-state index contributed by atoms with van der Waals surface area (Å²) in [7, 11) is 0. The summed E-state index contributed by atoms with van der Waals surface area (Å²) >= 11 is 0. The van der Waals surface area contributed by atoms with E-state index in [9.17, 15) is 14.4 Å². The number of amides is 3. The quantitative estimate of drug-likeness (QED) is 0.653. The maximum Gasteiger partial charge on any atom is 0.408 e. The predicted molar refractivity (Wildman–Crippen MR) is 108 cm³/mol. The van der Waals surface area contributed by atoms with E-state index in [1.54, 1.807) is 39.0 Å². The smallest absolute Gasteiger partial charge is 0.408 e. The zero-order chi connectivity index (χ0) is 20.6. The molecule has 1 saturated carbocycles. The minimum Gasteiger partial charge on any atom is -0.444 e. The number of hydrogen-bond acceptors (Lipinski definition) is 4. The second kappa shape index (κ2) is 9.92. The van der Waals surface area contributed by atoms with E-state index in [-0.39, 0.29) is 18.4 Å². The van der Waals surface area contributed by atoms with Crippen molar-refractivity contribution in [2.24, 2.45) is 0 Å². The molecule has 0 atom stereocenters. The molecule has 1 aliphatic rings. The Morgan fingerprint density at radius 3 is 2.43 bits per heavy atom. The van der Waals surface area contributed by atoms with Crippen LogP contribution in [-0.4, -0.2) is 30.1 Å². The van der Waals surface area contributed by atoms with Crippen LogP contribution < -0.4 is 16.0 Å². The molecule has 1 aliphatic carbocycles. The van der Waals surface area contributed by atoms with Crippen LogP contribution in [0.1, 0.15) is 52.0 Å². The van der Waals surface area contributed by atoms with E-state index in [0.717, 1.165) is 31.2 Å². The standard InChI is InChI=1S/C21H29N3O4/c1-21(2,3)28-20(27)23-14-19(26)24-17-11-7-6-10-16(17)13-22-18(25)12-15-8-4-5-9-15/h6-7,10-12H,4-5,8-9,13-14H2,1-3H3,(H,22,25)(H,23,27)(H,24,26). The van der Waals surface area contributed by atoms with Gasteiger partial charge in [-0.15, -0.1) is 0 Å². The van der Waals surface area contributed by atoms with Gasteiger partial charge in [0.25, 0.3) is 0 Å². The fraction of sp³-hybridized carbons (Fsp3) is 0.476. The second-order valence-electron chi connectivity index (χ2n) is 7.79. The molecule has 1 fully saturated rings. The Kier molecular flexibility index (Phi) is 7.61. The van der Waals surface area contributed by atoms with E-state index in [1.807, 2.05) is 12.1 Å². The van der Waals surface area contributed by atoms with Crippen molar-refractivity contribution < 1.29 is 19.1 Å². The van der Waals surface area contributed by atoms with Gasteiger partial charge in [-0.1, -0.05) is 23.8 Å². The normalized spacial score (nSPS) is 13.6. The molecule has 1 aromatic rings. The first kappa shape index (κ1) is 21.5. The van der Waals surface area contributed by atoms with E-state index < -0.39 is 11.7 Å². The molecule has 7 nitrogen and oxygen atoms in total. The first-order chi connectivity index (χ1) is 13.2. The van der Waals surface area contributed by atoms with Crippen LogP contribution in [0, 0.1) is 0 Å². The van der Waals surface area contributed by atoms with E-state index in [2.05, 4.69) is 16.0 Å². The van der Waals surface area contributed by atoms with Crippen molar-refractivity contribution in [2.75, 3.05) is 11.9 Å². The third kappa shape index (κ3) is 7.82. The summed E-state index contributed by atoms with van der Waals surface area (Å²) in [6.45, 7) is 5.35. The zero-order valence-corrected chi connectivity index (χ0v) is 16.8. The first-order valence-electron chi connectivity index (χ1n) is 9.55. The Bertz CT molecular complexity index is 742. The van der Waals surface area contributed by atoms with Gasteiger partial charge < -0.3 is 20.7 Å². The molecule has 1 aromatic carbocycles. The topological polar surface area (TPSA) is 96.5 Å². The highest BCUT2D eigenvalue weighted by molar-refractivity contribution is 5.94. The fourth-order valence-corrected chi connectivity index (χ4v) is 2.85. The lowest BCUT2D eigenvalue weighted by Gasteiger charge is -2.19. The van der Waals surface area contributed by atoms with Crippen LogP contribution in [0.4, 0.5) is 10.5 Å². The summed E-state index contributed by atoms with van der Waals surface area (Å²) in [5.41, 5.74) is 1.94. The van der Waals surface area contributed by atoms with E-state index in [4.69, 9.17) is 4.74 Å². The third-order valence-electron chi connectivity index (χ3n) is 4.12. The van der Waals surface area contributed by atoms with Crippen LogP contribution in [0.15, 0.2) is 35.9 Å². The largest absolute Gasteiger partial charge is 0.444 e. The molecule has 2 rings (SSSR count). The number of benzene rings is 1. The van der Waals surface area contributed by atoms with Gasteiger partial charge >= 0.3 is 6.09 Å². The van der Waals surface area contributed by atoms with Gasteiger partial charge in [-0.25, -0.2) is 4.79 Å². The Labute approximate surface area is 165 Å². The molecule has 0 saturated heterocycles. The van der Waals surface area contributed by atoms with Crippen LogP contribution in [-0.2, 0) is 20.9 Å². The van der Waals surface area contributed by atoms with Gasteiger partial charge in [0.1, 0.15) is 12.1 Å². The molecule has 0 bridgehead atoms. The van der Waals surface area contributed by atoms with Crippen molar-refractivity contribution in [3.8, 4) is 0 Å². The third-order valence-corrected chi connectivity index (χ3v) is 4.12. The summed E-state index contributed by atoms with van der Waals surface area (Å²) in [6.07, 6.45) is 5.30. The van der Waals surface area contributed by atoms with Crippen LogP contribution in [0.5, 0.6) is 0 Å². The molecule has 0 aliphatic heterocycles. The minimum atomic E-state index is -0.650. The minimum absolute atomic E-state index is 0.121. The zero-order valence-electron chi connectivity index (χ0n) is 16.8. The molecule has 0 radical (unpaired) electrons. The average Bonchev–Trinajstić information content (AvgIpc) is 3.11. The molecule has 3 N–H and O–H groups in total. The number of carbonyl (C=O) groups is 3. The van der Waals surface area contributed by atoms with Crippen molar-refractivity contribution in [1.82, 2.24) is 10.6 Å². The van der Waals surface area contributed by atoms with Crippen LogP contribution in [0.2, 0.25) is 0 Å². The molecule has 28 heavy (non-hydrogen) atoms. The molecule has 7 heteroatoms. The molecular weight excluding hydrogens is 358 g/mol. The molecule has 0 heterocycles. The van der Waals surface area contributed by atoms with Gasteiger partial charge in [0.05, 0.1) is 0 Å². The maximum atomic E-state index is 12.1. The summed E-state index contributed by atoms with van der Waals surface area (Å²) in [4.78, 5) is 35.8. The Morgan fingerprint density at radius 1 is 1.07 bits per heavy atom. The Morgan fingerprint density at radius 2 is 1.75 bits per heavy atom. The highest BCUT2D eigenvalue weighted by Crippen LogP contribution is 2.23. The van der Waals surface area contributed by atoms with Crippen molar-refractivity contribution in [1.29, 1.82) is 0 Å². The SMILES string of the molecule is CC(C)(C)OC(=O)NCC(=O)Nc1ccccc1CNC(=O)C=C1CCCC1. The Balaban J connectivity index is 1.85. The highest BCUT2D eigenvalue weighted by Gasteiger charge is 2.17. The van der Waals surface area contributed by atoms with Crippen LogP contribution >= 0.6 is 0 Å². The van der Waals surface area contributed by atoms with E-state index in [1.165, 1.54) is 5.57 Å². The number of ether oxygens (including phenoxy) is 1. The summed E-state index contributed by atoms with van der Waals surface area (Å²) in [6, 6.07) is 7.22. The summed E-state index contributed by atoms with van der Waals surface area (Å²) in [5, 5.41) is 8.03. The van der Waals surface area contributed by atoms with Crippen LogP contribution in [0.25, 0.3) is 0 Å². The van der Waals surface area contributed by atoms with Crippen molar-refractivity contribution in [2.45, 2.75) is 58.6 Å². The molecular formula is C21H29N3O4. The van der Waals surface area contributed by atoms with Crippen molar-refractivity contribution in [3.63, 3.8) is 0 Å². The number of hydrogen-bond donors (Lipinski definition) is 3.